The van der Waals surface area contributed by atoms with Gasteiger partial charge in [-0.2, -0.15) is 0 Å². The number of rotatable bonds is 6. The van der Waals surface area contributed by atoms with Gasteiger partial charge in [0, 0.05) is 38.4 Å². The molecule has 0 unspecified atom stereocenters. The maximum absolute atomic E-state index is 5.06. The molecule has 0 amide bonds. The fourth-order valence-electron chi connectivity index (χ4n) is 0.387. The van der Waals surface area contributed by atoms with E-state index in [9.17, 15) is 0 Å². The van der Waals surface area contributed by atoms with Crippen LogP contribution < -0.4 is 0 Å². The van der Waals surface area contributed by atoms with Crippen LogP contribution in [0, 0.1) is 7.43 Å². The predicted molar refractivity (Wildman–Crippen MR) is 37.8 cm³/mol. The van der Waals surface area contributed by atoms with E-state index in [1.165, 1.54) is 0 Å². The summed E-state index contributed by atoms with van der Waals surface area (Å²) in [7, 11) is 3.30. The van der Waals surface area contributed by atoms with E-state index in [0.29, 0.717) is 26.4 Å². The van der Waals surface area contributed by atoms with E-state index in [2.05, 4.69) is 0 Å². The Bertz CT molecular complexity index is 47.0. The van der Waals surface area contributed by atoms with Crippen molar-refractivity contribution in [2.45, 2.75) is 0 Å². The molecule has 69 valence electrons. The van der Waals surface area contributed by atoms with Gasteiger partial charge in [0.1, 0.15) is 0 Å². The van der Waals surface area contributed by atoms with Crippen molar-refractivity contribution in [2.75, 3.05) is 40.6 Å². The predicted octanol–water partition coefficient (Wildman–Crippen LogP) is 0.375. The number of ether oxygens (including phenoxy) is 3. The van der Waals surface area contributed by atoms with E-state index < -0.39 is 0 Å². The molecule has 0 rings (SSSR count). The van der Waals surface area contributed by atoms with Crippen LogP contribution in [0.3, 0.4) is 0 Å². The monoisotopic (exact) mass is 205 g/mol. The fourth-order valence-corrected chi connectivity index (χ4v) is 0.387. The SMILES string of the molecule is COCCOCCOC.[C].[Co]. The quantitative estimate of drug-likeness (QED) is 0.586. The van der Waals surface area contributed by atoms with E-state index in [0.717, 1.165) is 0 Å². The van der Waals surface area contributed by atoms with Crippen molar-refractivity contribution in [3.05, 3.63) is 7.43 Å². The average Bonchev–Trinajstić information content (AvgIpc) is 1.89. The molecular formula is C7H14CoO3. The summed E-state index contributed by atoms with van der Waals surface area (Å²) >= 11 is 0. The first kappa shape index (κ1) is 17.5. The minimum atomic E-state index is 0. The molecule has 0 fully saturated rings. The van der Waals surface area contributed by atoms with Crippen LogP contribution in [-0.4, -0.2) is 40.6 Å². The molecule has 3 nitrogen and oxygen atoms in total. The number of hydrogen-bond donors (Lipinski definition) is 0. The van der Waals surface area contributed by atoms with Gasteiger partial charge < -0.3 is 14.2 Å². The van der Waals surface area contributed by atoms with Gasteiger partial charge in [-0.05, 0) is 0 Å². The van der Waals surface area contributed by atoms with Crippen molar-refractivity contribution in [1.29, 1.82) is 0 Å². The maximum Gasteiger partial charge on any atom is 0.0701 e. The molecule has 0 saturated heterocycles. The Balaban J connectivity index is -0.000000320. The van der Waals surface area contributed by atoms with Crippen molar-refractivity contribution < 1.29 is 31.0 Å². The van der Waals surface area contributed by atoms with Crippen LogP contribution in [0.15, 0.2) is 0 Å². The molecule has 0 heterocycles. The summed E-state index contributed by atoms with van der Waals surface area (Å²) in [6.07, 6.45) is 0. The molecule has 0 aliphatic carbocycles. The molecule has 0 aliphatic rings. The molecule has 0 atom stereocenters. The van der Waals surface area contributed by atoms with Gasteiger partial charge >= 0.3 is 0 Å². The number of hydrogen-bond acceptors (Lipinski definition) is 3. The molecule has 0 aliphatic heterocycles. The molecule has 0 saturated carbocycles. The molecule has 5 radical (unpaired) electrons. The van der Waals surface area contributed by atoms with Crippen LogP contribution in [0.2, 0.25) is 0 Å². The van der Waals surface area contributed by atoms with Crippen molar-refractivity contribution >= 4 is 0 Å². The van der Waals surface area contributed by atoms with Gasteiger partial charge in [0.05, 0.1) is 26.4 Å². The van der Waals surface area contributed by atoms with Crippen LogP contribution in [0.5, 0.6) is 0 Å². The van der Waals surface area contributed by atoms with Crippen molar-refractivity contribution in [3.63, 3.8) is 0 Å². The second-order valence-corrected chi connectivity index (χ2v) is 1.60. The molecule has 0 bridgehead atoms. The largest absolute Gasteiger partial charge is 0.382 e. The van der Waals surface area contributed by atoms with E-state index in [1.807, 2.05) is 0 Å². The first-order valence-electron chi connectivity index (χ1n) is 2.97. The van der Waals surface area contributed by atoms with Crippen LogP contribution in [0.4, 0.5) is 0 Å². The van der Waals surface area contributed by atoms with Gasteiger partial charge in [-0.25, -0.2) is 0 Å². The third kappa shape index (κ3) is 17.9. The van der Waals surface area contributed by atoms with Gasteiger partial charge in [-0.1, -0.05) is 0 Å². The van der Waals surface area contributed by atoms with E-state index >= 15 is 0 Å². The summed E-state index contributed by atoms with van der Waals surface area (Å²) < 4.78 is 14.6. The van der Waals surface area contributed by atoms with Gasteiger partial charge in [0.15, 0.2) is 0 Å². The molecule has 11 heavy (non-hydrogen) atoms. The molecule has 0 aromatic heterocycles. The Hall–Kier alpha value is 0.386. The molecular weight excluding hydrogens is 191 g/mol. The summed E-state index contributed by atoms with van der Waals surface area (Å²) in [5, 5.41) is 0. The number of methoxy groups -OCH3 is 2. The molecule has 0 aromatic rings. The Morgan fingerprint density at radius 1 is 0.818 bits per heavy atom. The van der Waals surface area contributed by atoms with Crippen LogP contribution >= 0.6 is 0 Å². The Morgan fingerprint density at radius 3 is 1.45 bits per heavy atom. The zero-order valence-corrected chi connectivity index (χ0v) is 7.93. The minimum Gasteiger partial charge on any atom is -0.382 e. The smallest absolute Gasteiger partial charge is 0.0701 e. The van der Waals surface area contributed by atoms with Gasteiger partial charge in [-0.15, -0.1) is 0 Å². The van der Waals surface area contributed by atoms with Crippen LogP contribution in [0.1, 0.15) is 0 Å². The fraction of sp³-hybridized carbons (Fsp3) is 0.857. The molecule has 0 spiro atoms. The van der Waals surface area contributed by atoms with E-state index in [-0.39, 0.29) is 24.2 Å². The van der Waals surface area contributed by atoms with Crippen molar-refractivity contribution in [1.82, 2.24) is 0 Å². The van der Waals surface area contributed by atoms with Crippen molar-refractivity contribution in [3.8, 4) is 0 Å². The first-order chi connectivity index (χ1) is 4.41. The summed E-state index contributed by atoms with van der Waals surface area (Å²) in [6, 6.07) is 0. The molecule has 0 N–H and O–H groups in total. The topological polar surface area (TPSA) is 27.7 Å². The van der Waals surface area contributed by atoms with Crippen LogP contribution in [-0.2, 0) is 31.0 Å². The standard InChI is InChI=1S/C6H14O3.C.Co/c1-7-3-5-9-6-4-8-2;;/h3-6H2,1-2H3;;. The van der Waals surface area contributed by atoms with Crippen molar-refractivity contribution in [2.24, 2.45) is 0 Å². The molecule has 4 heteroatoms. The summed E-state index contributed by atoms with van der Waals surface area (Å²) in [5.74, 6) is 0. The van der Waals surface area contributed by atoms with E-state index in [1.54, 1.807) is 14.2 Å². The Morgan fingerprint density at radius 2 is 1.18 bits per heavy atom. The third-order valence-corrected chi connectivity index (χ3v) is 0.864. The van der Waals surface area contributed by atoms with Gasteiger partial charge in [0.25, 0.3) is 0 Å². The summed E-state index contributed by atoms with van der Waals surface area (Å²) in [4.78, 5) is 0. The first-order valence-corrected chi connectivity index (χ1v) is 2.97. The second kappa shape index (κ2) is 16.8. The van der Waals surface area contributed by atoms with E-state index in [4.69, 9.17) is 14.2 Å². The maximum atomic E-state index is 5.06. The zero-order chi connectivity index (χ0) is 6.95. The Kier molecular flexibility index (Phi) is 26.6. The van der Waals surface area contributed by atoms with Crippen LogP contribution in [0.25, 0.3) is 0 Å². The Labute approximate surface area is 79.6 Å². The second-order valence-electron chi connectivity index (χ2n) is 1.60. The normalized spacial score (nSPS) is 8.18. The summed E-state index contributed by atoms with van der Waals surface area (Å²) in [6.45, 7) is 2.62. The average molecular weight is 205 g/mol. The molecule has 0 aromatic carbocycles. The summed E-state index contributed by atoms with van der Waals surface area (Å²) in [5.41, 5.74) is 0. The van der Waals surface area contributed by atoms with Gasteiger partial charge in [0.2, 0.25) is 0 Å². The third-order valence-electron chi connectivity index (χ3n) is 0.864. The van der Waals surface area contributed by atoms with Gasteiger partial charge in [-0.3, -0.25) is 0 Å². The minimum absolute atomic E-state index is 0. The zero-order valence-electron chi connectivity index (χ0n) is 6.89.